The molecule has 1 fully saturated rings. The van der Waals surface area contributed by atoms with Gasteiger partial charge in [-0.3, -0.25) is 4.79 Å². The smallest absolute Gasteiger partial charge is 0.255 e. The van der Waals surface area contributed by atoms with Crippen LogP contribution in [0.3, 0.4) is 0 Å². The lowest BCUT2D eigenvalue weighted by Gasteiger charge is -2.26. The van der Waals surface area contributed by atoms with E-state index in [1.165, 1.54) is 10.4 Å². The van der Waals surface area contributed by atoms with Gasteiger partial charge in [-0.2, -0.15) is 4.31 Å². The van der Waals surface area contributed by atoms with E-state index in [0.717, 1.165) is 24.8 Å². The average molecular weight is 388 g/mol. The lowest BCUT2D eigenvalue weighted by molar-refractivity contribution is 0.102. The van der Waals surface area contributed by atoms with E-state index in [2.05, 4.69) is 5.32 Å². The number of hydrogen-bond acceptors (Lipinski definition) is 4. The Labute approximate surface area is 160 Å². The largest absolute Gasteiger partial charge is 0.497 e. The highest BCUT2D eigenvalue weighted by molar-refractivity contribution is 7.89. The maximum Gasteiger partial charge on any atom is 0.255 e. The van der Waals surface area contributed by atoms with E-state index in [4.69, 9.17) is 4.74 Å². The number of hydrogen-bond donors (Lipinski definition) is 1. The van der Waals surface area contributed by atoms with Crippen LogP contribution in [0.2, 0.25) is 0 Å². The molecule has 0 bridgehead atoms. The summed E-state index contributed by atoms with van der Waals surface area (Å²) >= 11 is 0. The van der Waals surface area contributed by atoms with Crippen LogP contribution < -0.4 is 10.1 Å². The number of sulfonamides is 1. The molecule has 0 radical (unpaired) electrons. The molecule has 27 heavy (non-hydrogen) atoms. The Balaban J connectivity index is 1.84. The molecule has 1 heterocycles. The second kappa shape index (κ2) is 8.10. The second-order valence-corrected chi connectivity index (χ2v) is 8.56. The molecule has 0 atom stereocenters. The van der Waals surface area contributed by atoms with Crippen LogP contribution in [-0.2, 0) is 10.0 Å². The first-order valence-corrected chi connectivity index (χ1v) is 10.4. The minimum absolute atomic E-state index is 0.162. The minimum Gasteiger partial charge on any atom is -0.497 e. The fourth-order valence-electron chi connectivity index (χ4n) is 3.13. The lowest BCUT2D eigenvalue weighted by atomic mass is 10.1. The molecule has 2 aromatic carbocycles. The first-order chi connectivity index (χ1) is 12.9. The van der Waals surface area contributed by atoms with Gasteiger partial charge in [0.25, 0.3) is 5.91 Å². The van der Waals surface area contributed by atoms with Crippen LogP contribution in [0.1, 0.15) is 35.2 Å². The van der Waals surface area contributed by atoms with Gasteiger partial charge in [0, 0.05) is 24.3 Å². The van der Waals surface area contributed by atoms with Gasteiger partial charge in [0.1, 0.15) is 5.75 Å². The van der Waals surface area contributed by atoms with Crippen molar-refractivity contribution >= 4 is 21.6 Å². The number of carbonyl (C=O) groups is 1. The number of methoxy groups -OCH3 is 1. The molecule has 1 aliphatic heterocycles. The first-order valence-electron chi connectivity index (χ1n) is 8.98. The molecule has 0 saturated carbocycles. The maximum atomic E-state index is 12.9. The van der Waals surface area contributed by atoms with Crippen molar-refractivity contribution in [2.75, 3.05) is 25.5 Å². The molecule has 3 rings (SSSR count). The van der Waals surface area contributed by atoms with Gasteiger partial charge in [-0.1, -0.05) is 12.5 Å². The Hall–Kier alpha value is -2.38. The van der Waals surface area contributed by atoms with Gasteiger partial charge >= 0.3 is 0 Å². The number of nitrogens with one attached hydrogen (secondary N) is 1. The van der Waals surface area contributed by atoms with Gasteiger partial charge in [-0.05, 0) is 61.7 Å². The van der Waals surface area contributed by atoms with Gasteiger partial charge in [-0.25, -0.2) is 8.42 Å². The van der Waals surface area contributed by atoms with Crippen LogP contribution in [0.4, 0.5) is 5.69 Å². The SMILES string of the molecule is COc1ccc(NC(=O)c2cc(S(=O)(=O)N3CCCCC3)ccc2C)cc1. The standard InChI is InChI=1S/C20H24N2O4S/c1-15-6-11-18(27(24,25)22-12-4-3-5-13-22)14-19(15)20(23)21-16-7-9-17(26-2)10-8-16/h6-11,14H,3-5,12-13H2,1-2H3,(H,21,23). The number of nitrogens with zero attached hydrogens (tertiary/aromatic N) is 1. The van der Waals surface area contributed by atoms with Crippen LogP contribution >= 0.6 is 0 Å². The number of aryl methyl sites for hydroxylation is 1. The molecule has 144 valence electrons. The topological polar surface area (TPSA) is 75.7 Å². The normalized spacial score (nSPS) is 15.3. The summed E-state index contributed by atoms with van der Waals surface area (Å²) in [6.07, 6.45) is 2.79. The third-order valence-electron chi connectivity index (χ3n) is 4.75. The Bertz CT molecular complexity index is 917. The molecule has 0 spiro atoms. The van der Waals surface area contributed by atoms with Crippen molar-refractivity contribution in [2.24, 2.45) is 0 Å². The molecule has 7 heteroatoms. The predicted molar refractivity (Wildman–Crippen MR) is 105 cm³/mol. The van der Waals surface area contributed by atoms with Crippen molar-refractivity contribution in [3.05, 3.63) is 53.6 Å². The Morgan fingerprint density at radius 2 is 1.70 bits per heavy atom. The molecule has 1 saturated heterocycles. The van der Waals surface area contributed by atoms with Crippen LogP contribution in [-0.4, -0.2) is 38.8 Å². The monoisotopic (exact) mass is 388 g/mol. The second-order valence-electron chi connectivity index (χ2n) is 6.62. The average Bonchev–Trinajstić information content (AvgIpc) is 2.69. The molecule has 0 aliphatic carbocycles. The highest BCUT2D eigenvalue weighted by atomic mass is 32.2. The highest BCUT2D eigenvalue weighted by Crippen LogP contribution is 2.24. The molecule has 1 amide bonds. The van der Waals surface area contributed by atoms with Crippen LogP contribution in [0.15, 0.2) is 47.4 Å². The number of rotatable bonds is 5. The Kier molecular flexibility index (Phi) is 5.82. The Morgan fingerprint density at radius 3 is 2.33 bits per heavy atom. The zero-order valence-electron chi connectivity index (χ0n) is 15.6. The molecule has 0 aromatic heterocycles. The number of ether oxygens (including phenoxy) is 1. The molecule has 1 N–H and O–H groups in total. The molecule has 0 unspecified atom stereocenters. The van der Waals surface area contributed by atoms with Gasteiger partial charge in [0.15, 0.2) is 0 Å². The van der Waals surface area contributed by atoms with Crippen molar-refractivity contribution in [1.82, 2.24) is 4.31 Å². The van der Waals surface area contributed by atoms with Gasteiger partial charge < -0.3 is 10.1 Å². The van der Waals surface area contributed by atoms with Crippen LogP contribution in [0.25, 0.3) is 0 Å². The van der Waals surface area contributed by atoms with Crippen LogP contribution in [0, 0.1) is 6.92 Å². The summed E-state index contributed by atoms with van der Waals surface area (Å²) in [4.78, 5) is 12.9. The number of amides is 1. The van der Waals surface area contributed by atoms with E-state index in [0.29, 0.717) is 30.1 Å². The summed E-state index contributed by atoms with van der Waals surface area (Å²) in [5.41, 5.74) is 1.69. The summed E-state index contributed by atoms with van der Waals surface area (Å²) < 4.78 is 32.4. The third-order valence-corrected chi connectivity index (χ3v) is 6.65. The molecule has 6 nitrogen and oxygen atoms in total. The van der Waals surface area contributed by atoms with E-state index < -0.39 is 10.0 Å². The third kappa shape index (κ3) is 4.31. The summed E-state index contributed by atoms with van der Waals surface area (Å²) in [7, 11) is -2.01. The fourth-order valence-corrected chi connectivity index (χ4v) is 4.68. The van der Waals surface area contributed by atoms with E-state index in [9.17, 15) is 13.2 Å². The number of anilines is 1. The van der Waals surface area contributed by atoms with Gasteiger partial charge in [0.05, 0.1) is 12.0 Å². The fraction of sp³-hybridized carbons (Fsp3) is 0.350. The van der Waals surface area contributed by atoms with Crippen molar-refractivity contribution in [1.29, 1.82) is 0 Å². The maximum absolute atomic E-state index is 12.9. The van der Waals surface area contributed by atoms with E-state index >= 15 is 0 Å². The molecular formula is C20H24N2O4S. The van der Waals surface area contributed by atoms with Crippen molar-refractivity contribution in [3.8, 4) is 5.75 Å². The summed E-state index contributed by atoms with van der Waals surface area (Å²) in [6.45, 7) is 2.85. The van der Waals surface area contributed by atoms with E-state index in [1.807, 2.05) is 0 Å². The summed E-state index contributed by atoms with van der Waals surface area (Å²) in [5, 5.41) is 2.81. The van der Waals surface area contributed by atoms with Crippen molar-refractivity contribution in [2.45, 2.75) is 31.1 Å². The lowest BCUT2D eigenvalue weighted by Crippen LogP contribution is -2.35. The van der Waals surface area contributed by atoms with Gasteiger partial charge in [-0.15, -0.1) is 0 Å². The molecular weight excluding hydrogens is 364 g/mol. The zero-order valence-corrected chi connectivity index (χ0v) is 16.4. The Morgan fingerprint density at radius 1 is 1.04 bits per heavy atom. The van der Waals surface area contributed by atoms with Gasteiger partial charge in [0.2, 0.25) is 10.0 Å². The number of benzene rings is 2. The highest BCUT2D eigenvalue weighted by Gasteiger charge is 2.27. The first kappa shape index (κ1) is 19.4. The van der Waals surface area contributed by atoms with E-state index in [-0.39, 0.29) is 10.8 Å². The molecule has 2 aromatic rings. The summed E-state index contributed by atoms with van der Waals surface area (Å²) in [6, 6.07) is 11.7. The number of carbonyl (C=O) groups excluding carboxylic acids is 1. The minimum atomic E-state index is -3.58. The van der Waals surface area contributed by atoms with E-state index in [1.54, 1.807) is 50.4 Å². The summed E-state index contributed by atoms with van der Waals surface area (Å²) in [5.74, 6) is 0.354. The van der Waals surface area contributed by atoms with Crippen LogP contribution in [0.5, 0.6) is 5.75 Å². The van der Waals surface area contributed by atoms with Crippen molar-refractivity contribution in [3.63, 3.8) is 0 Å². The predicted octanol–water partition coefficient (Wildman–Crippen LogP) is 3.43. The zero-order chi connectivity index (χ0) is 19.4. The quantitative estimate of drug-likeness (QED) is 0.851. The number of piperidine rings is 1. The van der Waals surface area contributed by atoms with Crippen molar-refractivity contribution < 1.29 is 17.9 Å². The molecule has 1 aliphatic rings.